The first-order valence-corrected chi connectivity index (χ1v) is 8.09. The van der Waals surface area contributed by atoms with E-state index in [1.165, 1.54) is 11.1 Å². The standard InChI is InChI=1S/C18H26N4O.HI/c1-5-19-18(21-12-17-22-14(3)15(4)23-17)20-10-9-16-8-6-7-13(2)11-16;/h6-8,11H,5,9-10,12H2,1-4H3,(H2,19,20,21);1H. The molecule has 0 aliphatic carbocycles. The summed E-state index contributed by atoms with van der Waals surface area (Å²) in [5.74, 6) is 2.29. The molecule has 0 spiro atoms. The van der Waals surface area contributed by atoms with Crippen molar-refractivity contribution in [3.8, 4) is 0 Å². The number of halogens is 1. The normalized spacial score (nSPS) is 11.1. The van der Waals surface area contributed by atoms with Crippen LogP contribution in [0.4, 0.5) is 0 Å². The molecule has 0 saturated heterocycles. The number of aliphatic imine (C=N–C) groups is 1. The van der Waals surface area contributed by atoms with Gasteiger partial charge in [0.2, 0.25) is 5.89 Å². The second-order valence-corrected chi connectivity index (χ2v) is 5.61. The quantitative estimate of drug-likeness (QED) is 0.409. The first-order valence-electron chi connectivity index (χ1n) is 8.09. The minimum atomic E-state index is 0. The molecule has 0 radical (unpaired) electrons. The molecule has 0 fully saturated rings. The van der Waals surface area contributed by atoms with Crippen molar-refractivity contribution in [2.45, 2.75) is 40.7 Å². The Morgan fingerprint density at radius 2 is 2.00 bits per heavy atom. The summed E-state index contributed by atoms with van der Waals surface area (Å²) >= 11 is 0. The molecule has 1 aromatic heterocycles. The highest BCUT2D eigenvalue weighted by Gasteiger charge is 2.05. The number of nitrogens with one attached hydrogen (secondary N) is 2. The van der Waals surface area contributed by atoms with Gasteiger partial charge in [-0.15, -0.1) is 24.0 Å². The number of aromatic nitrogens is 1. The molecule has 0 saturated carbocycles. The second kappa shape index (κ2) is 10.3. The predicted molar refractivity (Wildman–Crippen MR) is 109 cm³/mol. The van der Waals surface area contributed by atoms with E-state index in [4.69, 9.17) is 4.42 Å². The van der Waals surface area contributed by atoms with Crippen molar-refractivity contribution >= 4 is 29.9 Å². The Morgan fingerprint density at radius 1 is 1.21 bits per heavy atom. The molecular formula is C18H27IN4O. The van der Waals surface area contributed by atoms with Crippen LogP contribution < -0.4 is 10.6 Å². The number of hydrogen-bond acceptors (Lipinski definition) is 3. The third kappa shape index (κ3) is 6.51. The zero-order valence-corrected chi connectivity index (χ0v) is 17.2. The molecule has 24 heavy (non-hydrogen) atoms. The van der Waals surface area contributed by atoms with Gasteiger partial charge in [0.25, 0.3) is 0 Å². The number of guanidine groups is 1. The molecule has 2 N–H and O–H groups in total. The Kier molecular flexibility index (Phi) is 8.81. The molecule has 0 aliphatic heterocycles. The summed E-state index contributed by atoms with van der Waals surface area (Å²) in [5.41, 5.74) is 3.54. The van der Waals surface area contributed by atoms with Crippen LogP contribution >= 0.6 is 24.0 Å². The van der Waals surface area contributed by atoms with E-state index in [2.05, 4.69) is 58.7 Å². The van der Waals surface area contributed by atoms with Crippen molar-refractivity contribution in [3.63, 3.8) is 0 Å². The lowest BCUT2D eigenvalue weighted by Gasteiger charge is -2.11. The SMILES string of the molecule is CCNC(=NCc1nc(C)c(C)o1)NCCc1cccc(C)c1.I. The van der Waals surface area contributed by atoms with E-state index < -0.39 is 0 Å². The van der Waals surface area contributed by atoms with Crippen molar-refractivity contribution in [2.24, 2.45) is 4.99 Å². The molecule has 5 nitrogen and oxygen atoms in total. The van der Waals surface area contributed by atoms with Crippen molar-refractivity contribution in [2.75, 3.05) is 13.1 Å². The minimum Gasteiger partial charge on any atom is -0.444 e. The number of nitrogens with zero attached hydrogens (tertiary/aromatic N) is 2. The van der Waals surface area contributed by atoms with Crippen LogP contribution in [0.25, 0.3) is 0 Å². The molecular weight excluding hydrogens is 415 g/mol. The van der Waals surface area contributed by atoms with Crippen molar-refractivity contribution in [1.29, 1.82) is 0 Å². The van der Waals surface area contributed by atoms with E-state index in [0.717, 1.165) is 36.9 Å². The van der Waals surface area contributed by atoms with Gasteiger partial charge in [0.15, 0.2) is 5.96 Å². The summed E-state index contributed by atoms with van der Waals surface area (Å²) in [4.78, 5) is 8.88. The zero-order valence-electron chi connectivity index (χ0n) is 14.8. The highest BCUT2D eigenvalue weighted by Crippen LogP contribution is 2.09. The van der Waals surface area contributed by atoms with Crippen LogP contribution in [0, 0.1) is 20.8 Å². The average molecular weight is 442 g/mol. The monoisotopic (exact) mass is 442 g/mol. The van der Waals surface area contributed by atoms with E-state index in [9.17, 15) is 0 Å². The van der Waals surface area contributed by atoms with Gasteiger partial charge >= 0.3 is 0 Å². The predicted octanol–water partition coefficient (Wildman–Crippen LogP) is 3.52. The fraction of sp³-hybridized carbons (Fsp3) is 0.444. The number of benzene rings is 1. The Morgan fingerprint density at radius 3 is 2.62 bits per heavy atom. The summed E-state index contributed by atoms with van der Waals surface area (Å²) in [7, 11) is 0. The molecule has 0 aliphatic rings. The third-order valence-corrected chi connectivity index (χ3v) is 3.58. The number of rotatable bonds is 6. The van der Waals surface area contributed by atoms with Crippen LogP contribution in [-0.4, -0.2) is 24.0 Å². The summed E-state index contributed by atoms with van der Waals surface area (Å²) in [6.45, 7) is 10.1. The highest BCUT2D eigenvalue weighted by molar-refractivity contribution is 14.0. The smallest absolute Gasteiger partial charge is 0.216 e. The van der Waals surface area contributed by atoms with Crippen LogP contribution in [-0.2, 0) is 13.0 Å². The molecule has 2 rings (SSSR count). The van der Waals surface area contributed by atoms with Crippen molar-refractivity contribution < 1.29 is 4.42 Å². The highest BCUT2D eigenvalue weighted by atomic mass is 127. The molecule has 1 heterocycles. The fourth-order valence-corrected chi connectivity index (χ4v) is 2.29. The van der Waals surface area contributed by atoms with Gasteiger partial charge in [-0.1, -0.05) is 29.8 Å². The molecule has 132 valence electrons. The Hall–Kier alpha value is -1.57. The first-order chi connectivity index (χ1) is 11.1. The third-order valence-electron chi connectivity index (χ3n) is 3.58. The maximum atomic E-state index is 5.56. The molecule has 2 aromatic rings. The second-order valence-electron chi connectivity index (χ2n) is 5.61. The van der Waals surface area contributed by atoms with Crippen LogP contribution in [0.2, 0.25) is 0 Å². The van der Waals surface area contributed by atoms with Crippen LogP contribution in [0.1, 0.15) is 35.4 Å². The Balaban J connectivity index is 0.00000288. The van der Waals surface area contributed by atoms with Gasteiger partial charge in [-0.3, -0.25) is 0 Å². The lowest BCUT2D eigenvalue weighted by atomic mass is 10.1. The van der Waals surface area contributed by atoms with E-state index in [1.807, 2.05) is 13.8 Å². The summed E-state index contributed by atoms with van der Waals surface area (Å²) in [6, 6.07) is 8.57. The number of aryl methyl sites for hydroxylation is 3. The molecule has 1 aromatic carbocycles. The summed E-state index contributed by atoms with van der Waals surface area (Å²) in [5, 5.41) is 6.59. The summed E-state index contributed by atoms with van der Waals surface area (Å²) < 4.78 is 5.56. The first kappa shape index (κ1) is 20.5. The van der Waals surface area contributed by atoms with Gasteiger partial charge in [0.1, 0.15) is 12.3 Å². The molecule has 0 amide bonds. The largest absolute Gasteiger partial charge is 0.444 e. The number of hydrogen-bond donors (Lipinski definition) is 2. The van der Waals surface area contributed by atoms with Gasteiger partial charge < -0.3 is 15.1 Å². The van der Waals surface area contributed by atoms with Crippen molar-refractivity contribution in [3.05, 3.63) is 52.7 Å². The maximum Gasteiger partial charge on any atom is 0.216 e. The van der Waals surface area contributed by atoms with Crippen LogP contribution in [0.3, 0.4) is 0 Å². The number of oxazole rings is 1. The van der Waals surface area contributed by atoms with Gasteiger partial charge in [0.05, 0.1) is 5.69 Å². The minimum absolute atomic E-state index is 0. The van der Waals surface area contributed by atoms with E-state index in [0.29, 0.717) is 12.4 Å². The van der Waals surface area contributed by atoms with E-state index in [1.54, 1.807) is 0 Å². The molecule has 0 unspecified atom stereocenters. The van der Waals surface area contributed by atoms with Crippen LogP contribution in [0.5, 0.6) is 0 Å². The van der Waals surface area contributed by atoms with Crippen LogP contribution in [0.15, 0.2) is 33.7 Å². The van der Waals surface area contributed by atoms with Gasteiger partial charge in [0, 0.05) is 13.1 Å². The van der Waals surface area contributed by atoms with Gasteiger partial charge in [-0.05, 0) is 39.7 Å². The van der Waals surface area contributed by atoms with Crippen molar-refractivity contribution in [1.82, 2.24) is 15.6 Å². The Bertz CT molecular complexity index is 647. The fourth-order valence-electron chi connectivity index (χ4n) is 2.29. The summed E-state index contributed by atoms with van der Waals surface area (Å²) in [6.07, 6.45) is 0.962. The topological polar surface area (TPSA) is 62.5 Å². The molecule has 6 heteroatoms. The van der Waals surface area contributed by atoms with E-state index in [-0.39, 0.29) is 24.0 Å². The average Bonchev–Trinajstić information content (AvgIpc) is 2.83. The van der Waals surface area contributed by atoms with Gasteiger partial charge in [-0.25, -0.2) is 9.98 Å². The zero-order chi connectivity index (χ0) is 16.7. The lowest BCUT2D eigenvalue weighted by molar-refractivity contribution is 0.473. The lowest BCUT2D eigenvalue weighted by Crippen LogP contribution is -2.38. The molecule has 0 bridgehead atoms. The Labute approximate surface area is 161 Å². The van der Waals surface area contributed by atoms with Gasteiger partial charge in [-0.2, -0.15) is 0 Å². The maximum absolute atomic E-state index is 5.56. The van der Waals surface area contributed by atoms with E-state index >= 15 is 0 Å². The molecule has 0 atom stereocenters.